The molecule has 0 aliphatic heterocycles. The van der Waals surface area contributed by atoms with E-state index in [1.54, 1.807) is 4.90 Å². The maximum Gasteiger partial charge on any atom is 0.341 e. The van der Waals surface area contributed by atoms with Gasteiger partial charge >= 0.3 is 5.97 Å². The average Bonchev–Trinajstić information content (AvgIpc) is 3.24. The van der Waals surface area contributed by atoms with Crippen LogP contribution in [0.3, 0.4) is 0 Å². The van der Waals surface area contributed by atoms with Gasteiger partial charge in [-0.2, -0.15) is 0 Å². The lowest BCUT2D eigenvalue weighted by Gasteiger charge is -2.20. The number of carbonyl (C=O) groups is 2. The number of ether oxygens (including phenoxy) is 1. The maximum atomic E-state index is 13.5. The number of carbonyl (C=O) groups excluding carboxylic acids is 2. The van der Waals surface area contributed by atoms with Crippen LogP contribution in [0.2, 0.25) is 0 Å². The smallest absolute Gasteiger partial charge is 0.341 e. The molecule has 1 aromatic carbocycles. The van der Waals surface area contributed by atoms with Crippen LogP contribution < -0.4 is 5.73 Å². The Morgan fingerprint density at radius 3 is 2.75 bits per heavy atom. The molecule has 0 radical (unpaired) electrons. The van der Waals surface area contributed by atoms with Crippen LogP contribution in [-0.2, 0) is 9.53 Å². The van der Waals surface area contributed by atoms with Crippen LogP contribution in [0.25, 0.3) is 0 Å². The summed E-state index contributed by atoms with van der Waals surface area (Å²) in [5.74, 6) is -1.85. The van der Waals surface area contributed by atoms with Crippen molar-refractivity contribution < 1.29 is 18.7 Å². The zero-order valence-corrected chi connectivity index (χ0v) is 11.3. The minimum Gasteiger partial charge on any atom is -0.452 e. The highest BCUT2D eigenvalue weighted by Gasteiger charge is 2.31. The number of hydrogen-bond acceptors (Lipinski definition) is 4. The number of rotatable bonds is 5. The van der Waals surface area contributed by atoms with Gasteiger partial charge in [-0.15, -0.1) is 0 Å². The van der Waals surface area contributed by atoms with Crippen LogP contribution in [0.5, 0.6) is 0 Å². The number of likely N-dealkylation sites (N-methyl/N-ethyl adjacent to an activating group) is 1. The van der Waals surface area contributed by atoms with Crippen molar-refractivity contribution in [1.29, 1.82) is 0 Å². The second-order valence-electron chi connectivity index (χ2n) is 4.73. The molecular weight excluding hydrogens is 263 g/mol. The molecule has 1 amide bonds. The largest absolute Gasteiger partial charge is 0.452 e. The molecule has 0 atom stereocenters. The Kier molecular flexibility index (Phi) is 4.22. The van der Waals surface area contributed by atoms with Crippen LogP contribution in [0.15, 0.2) is 18.2 Å². The Morgan fingerprint density at radius 2 is 2.15 bits per heavy atom. The van der Waals surface area contributed by atoms with E-state index in [9.17, 15) is 14.0 Å². The summed E-state index contributed by atoms with van der Waals surface area (Å²) < 4.78 is 18.3. The number of halogens is 1. The van der Waals surface area contributed by atoms with Crippen molar-refractivity contribution in [1.82, 2.24) is 4.90 Å². The third kappa shape index (κ3) is 3.26. The van der Waals surface area contributed by atoms with Crippen molar-refractivity contribution in [3.8, 4) is 0 Å². The summed E-state index contributed by atoms with van der Waals surface area (Å²) in [6.45, 7) is 2.07. The lowest BCUT2D eigenvalue weighted by Crippen LogP contribution is -2.36. The van der Waals surface area contributed by atoms with Crippen LogP contribution >= 0.6 is 0 Å². The second-order valence-corrected chi connectivity index (χ2v) is 4.73. The summed E-state index contributed by atoms with van der Waals surface area (Å²) >= 11 is 0. The molecule has 0 heterocycles. The Hall–Kier alpha value is -2.11. The summed E-state index contributed by atoms with van der Waals surface area (Å²) in [5.41, 5.74) is 5.49. The van der Waals surface area contributed by atoms with Gasteiger partial charge in [0.25, 0.3) is 5.91 Å². The van der Waals surface area contributed by atoms with Gasteiger partial charge in [0.2, 0.25) is 0 Å². The quantitative estimate of drug-likeness (QED) is 0.656. The predicted octanol–water partition coefficient (Wildman–Crippen LogP) is 1.58. The first kappa shape index (κ1) is 14.3. The van der Waals surface area contributed by atoms with E-state index in [4.69, 9.17) is 10.5 Å². The van der Waals surface area contributed by atoms with Crippen LogP contribution in [0, 0.1) is 5.82 Å². The second kappa shape index (κ2) is 5.90. The summed E-state index contributed by atoms with van der Waals surface area (Å²) in [6.07, 6.45) is 1.97. The van der Waals surface area contributed by atoms with Gasteiger partial charge in [-0.3, -0.25) is 4.79 Å². The molecule has 0 bridgehead atoms. The Morgan fingerprint density at radius 1 is 1.45 bits per heavy atom. The van der Waals surface area contributed by atoms with E-state index in [0.717, 1.165) is 18.9 Å². The molecule has 2 rings (SSSR count). The van der Waals surface area contributed by atoms with Crippen molar-refractivity contribution in [3.63, 3.8) is 0 Å². The van der Waals surface area contributed by atoms with Gasteiger partial charge in [-0.1, -0.05) is 0 Å². The fourth-order valence-corrected chi connectivity index (χ4v) is 2.01. The molecule has 6 heteroatoms. The van der Waals surface area contributed by atoms with Gasteiger partial charge in [0.15, 0.2) is 6.61 Å². The van der Waals surface area contributed by atoms with E-state index in [1.165, 1.54) is 12.1 Å². The van der Waals surface area contributed by atoms with E-state index < -0.39 is 11.8 Å². The number of hydrogen-bond donors (Lipinski definition) is 1. The van der Waals surface area contributed by atoms with Crippen molar-refractivity contribution in [3.05, 3.63) is 29.6 Å². The Bertz CT molecular complexity index is 529. The number of nitrogens with two attached hydrogens (primary N) is 1. The number of amides is 1. The zero-order chi connectivity index (χ0) is 14.7. The van der Waals surface area contributed by atoms with Gasteiger partial charge in [-0.25, -0.2) is 9.18 Å². The molecule has 0 saturated heterocycles. The number of nitrogen functional groups attached to an aromatic ring is 1. The standard InChI is InChI=1S/C14H17FN2O3/c1-2-17(10-4-5-10)13(18)8-20-14(19)11-7-9(16)3-6-12(11)15/h3,6-7,10H,2,4-5,8,16H2,1H3. The maximum absolute atomic E-state index is 13.5. The number of anilines is 1. The number of nitrogens with zero attached hydrogens (tertiary/aromatic N) is 1. The summed E-state index contributed by atoms with van der Waals surface area (Å²) in [6, 6.07) is 3.90. The van der Waals surface area contributed by atoms with Crippen molar-refractivity contribution >= 4 is 17.6 Å². The van der Waals surface area contributed by atoms with E-state index in [0.29, 0.717) is 6.54 Å². The van der Waals surface area contributed by atoms with E-state index >= 15 is 0 Å². The monoisotopic (exact) mass is 280 g/mol. The van der Waals surface area contributed by atoms with Crippen molar-refractivity contribution in [2.24, 2.45) is 0 Å². The lowest BCUT2D eigenvalue weighted by atomic mass is 10.2. The molecule has 0 aromatic heterocycles. The highest BCUT2D eigenvalue weighted by molar-refractivity contribution is 5.92. The summed E-state index contributed by atoms with van der Waals surface area (Å²) in [7, 11) is 0. The SMILES string of the molecule is CCN(C(=O)COC(=O)c1cc(N)ccc1F)C1CC1. The highest BCUT2D eigenvalue weighted by atomic mass is 19.1. The minimum absolute atomic E-state index is 0.257. The van der Waals surface area contributed by atoms with Crippen LogP contribution in [0.4, 0.5) is 10.1 Å². The first-order chi connectivity index (χ1) is 9.52. The van der Waals surface area contributed by atoms with Crippen LogP contribution in [-0.4, -0.2) is 36.0 Å². The topological polar surface area (TPSA) is 72.6 Å². The van der Waals surface area contributed by atoms with E-state index in [1.807, 2.05) is 6.92 Å². The van der Waals surface area contributed by atoms with E-state index in [2.05, 4.69) is 0 Å². The molecule has 108 valence electrons. The third-order valence-electron chi connectivity index (χ3n) is 3.19. The summed E-state index contributed by atoms with van der Waals surface area (Å²) in [5, 5.41) is 0. The molecule has 20 heavy (non-hydrogen) atoms. The Labute approximate surface area is 116 Å². The average molecular weight is 280 g/mol. The van der Waals surface area contributed by atoms with Gasteiger partial charge in [-0.05, 0) is 38.0 Å². The van der Waals surface area contributed by atoms with Gasteiger partial charge in [0.1, 0.15) is 5.82 Å². The van der Waals surface area contributed by atoms with Gasteiger partial charge < -0.3 is 15.4 Å². The molecule has 1 aromatic rings. The molecule has 1 aliphatic carbocycles. The molecule has 1 fully saturated rings. The summed E-state index contributed by atoms with van der Waals surface area (Å²) in [4.78, 5) is 25.3. The number of esters is 1. The van der Waals surface area contributed by atoms with Gasteiger partial charge in [0, 0.05) is 18.3 Å². The fourth-order valence-electron chi connectivity index (χ4n) is 2.01. The predicted molar refractivity (Wildman–Crippen MR) is 71.5 cm³/mol. The normalized spacial score (nSPS) is 13.9. The lowest BCUT2D eigenvalue weighted by molar-refractivity contribution is -0.134. The van der Waals surface area contributed by atoms with Crippen molar-refractivity contribution in [2.75, 3.05) is 18.9 Å². The van der Waals surface area contributed by atoms with Gasteiger partial charge in [0.05, 0.1) is 5.56 Å². The van der Waals surface area contributed by atoms with Crippen LogP contribution in [0.1, 0.15) is 30.1 Å². The molecule has 2 N–H and O–H groups in total. The number of benzene rings is 1. The minimum atomic E-state index is -0.880. The fraction of sp³-hybridized carbons (Fsp3) is 0.429. The first-order valence-corrected chi connectivity index (χ1v) is 6.54. The highest BCUT2D eigenvalue weighted by Crippen LogP contribution is 2.26. The molecule has 0 spiro atoms. The van der Waals surface area contributed by atoms with Crippen molar-refractivity contribution in [2.45, 2.75) is 25.8 Å². The molecule has 1 aliphatic rings. The first-order valence-electron chi connectivity index (χ1n) is 6.54. The zero-order valence-electron chi connectivity index (χ0n) is 11.3. The molecule has 5 nitrogen and oxygen atoms in total. The van der Waals surface area contributed by atoms with E-state index in [-0.39, 0.29) is 29.8 Å². The Balaban J connectivity index is 1.94. The molecule has 0 unspecified atom stereocenters. The third-order valence-corrected chi connectivity index (χ3v) is 3.19. The molecular formula is C14H17FN2O3. The molecule has 1 saturated carbocycles.